The fraction of sp³-hybridized carbons (Fsp3) is 0.333. The maximum Gasteiger partial charge on any atom is 0.175 e. The van der Waals surface area contributed by atoms with Crippen molar-refractivity contribution < 1.29 is 4.79 Å². The number of hydrogen-bond donors (Lipinski definition) is 2. The van der Waals surface area contributed by atoms with Crippen molar-refractivity contribution in [3.63, 3.8) is 0 Å². The predicted molar refractivity (Wildman–Crippen MR) is 75.1 cm³/mol. The number of carbonyl (C=O) groups is 1. The molecule has 98 valence electrons. The molecule has 0 fully saturated rings. The van der Waals surface area contributed by atoms with Gasteiger partial charge >= 0.3 is 0 Å². The Morgan fingerprint density at radius 1 is 1.37 bits per heavy atom. The lowest BCUT2D eigenvalue weighted by Crippen LogP contribution is -2.28. The van der Waals surface area contributed by atoms with Gasteiger partial charge in [0.15, 0.2) is 5.78 Å². The van der Waals surface area contributed by atoms with Gasteiger partial charge < -0.3 is 11.1 Å². The van der Waals surface area contributed by atoms with E-state index >= 15 is 0 Å². The molecule has 1 aromatic carbocycles. The van der Waals surface area contributed by atoms with E-state index in [1.807, 2.05) is 32.0 Å². The summed E-state index contributed by atoms with van der Waals surface area (Å²) in [5.74, 6) is -0.0925. The van der Waals surface area contributed by atoms with Crippen molar-refractivity contribution in [1.29, 1.82) is 5.26 Å². The first kappa shape index (κ1) is 13.2. The normalized spacial score (nSPS) is 18.1. The topological polar surface area (TPSA) is 78.9 Å². The van der Waals surface area contributed by atoms with Gasteiger partial charge in [0.1, 0.15) is 11.6 Å². The zero-order chi connectivity index (χ0) is 14.0. The summed E-state index contributed by atoms with van der Waals surface area (Å²) in [4.78, 5) is 12.0. The maximum atomic E-state index is 12.0. The number of allylic oxidation sites excluding steroid dienone is 2. The molecule has 3 N–H and O–H groups in total. The van der Waals surface area contributed by atoms with Crippen LogP contribution in [0.4, 0.5) is 11.4 Å². The van der Waals surface area contributed by atoms with Gasteiger partial charge in [-0.05, 0) is 30.0 Å². The minimum absolute atomic E-state index is 0.0925. The van der Waals surface area contributed by atoms with Crippen LogP contribution < -0.4 is 11.1 Å². The summed E-state index contributed by atoms with van der Waals surface area (Å²) in [6.07, 6.45) is 1.09. The van der Waals surface area contributed by atoms with Crippen molar-refractivity contribution in [3.05, 3.63) is 35.5 Å². The maximum absolute atomic E-state index is 12.0. The van der Waals surface area contributed by atoms with Crippen molar-refractivity contribution >= 4 is 17.2 Å². The number of rotatable bonds is 2. The molecule has 0 amide bonds. The van der Waals surface area contributed by atoms with Gasteiger partial charge in [0.25, 0.3) is 0 Å². The van der Waals surface area contributed by atoms with E-state index in [2.05, 4.69) is 5.32 Å². The van der Waals surface area contributed by atoms with Gasteiger partial charge in [0.05, 0.1) is 0 Å². The summed E-state index contributed by atoms with van der Waals surface area (Å²) in [6, 6.07) is 9.29. The molecule has 0 spiro atoms. The number of nitrogens with two attached hydrogens (primary N) is 1. The van der Waals surface area contributed by atoms with Crippen molar-refractivity contribution in [2.45, 2.75) is 26.7 Å². The first-order valence-corrected chi connectivity index (χ1v) is 6.20. The molecule has 0 heterocycles. The number of hydrogen-bond acceptors (Lipinski definition) is 4. The molecule has 0 aliphatic heterocycles. The van der Waals surface area contributed by atoms with E-state index < -0.39 is 0 Å². The largest absolute Gasteiger partial charge is 0.399 e. The second kappa shape index (κ2) is 4.77. The molecule has 1 aliphatic rings. The molecule has 1 aromatic rings. The molecule has 0 unspecified atom stereocenters. The van der Waals surface area contributed by atoms with Gasteiger partial charge in [-0.2, -0.15) is 5.26 Å². The van der Waals surface area contributed by atoms with Crippen LogP contribution in [0.15, 0.2) is 35.5 Å². The summed E-state index contributed by atoms with van der Waals surface area (Å²) in [5, 5.41) is 12.3. The van der Waals surface area contributed by atoms with Crippen LogP contribution >= 0.6 is 0 Å². The highest BCUT2D eigenvalue weighted by Gasteiger charge is 2.33. The van der Waals surface area contributed by atoms with Gasteiger partial charge in [-0.15, -0.1) is 0 Å². The zero-order valence-corrected chi connectivity index (χ0v) is 11.2. The van der Waals surface area contributed by atoms with Crippen LogP contribution in [0.5, 0.6) is 0 Å². The van der Waals surface area contributed by atoms with E-state index in [1.54, 1.807) is 12.1 Å². The molecule has 0 bridgehead atoms. The molecule has 0 aromatic heterocycles. The summed E-state index contributed by atoms with van der Waals surface area (Å²) in [7, 11) is 0. The van der Waals surface area contributed by atoms with Crippen LogP contribution in [0.2, 0.25) is 0 Å². The number of nitrogens with one attached hydrogen (secondary N) is 1. The quantitative estimate of drug-likeness (QED) is 0.796. The third-order valence-electron chi connectivity index (χ3n) is 3.17. The zero-order valence-electron chi connectivity index (χ0n) is 11.2. The lowest BCUT2D eigenvalue weighted by atomic mass is 9.76. The SMILES string of the molecule is CC1(C)CC(=O)C(C#N)=C(Nc2cccc(N)c2)C1. The molecule has 19 heavy (non-hydrogen) atoms. The molecule has 2 rings (SSSR count). The molecule has 0 saturated carbocycles. The Balaban J connectivity index is 2.35. The number of benzene rings is 1. The Kier molecular flexibility index (Phi) is 3.30. The van der Waals surface area contributed by atoms with E-state index in [4.69, 9.17) is 11.0 Å². The van der Waals surface area contributed by atoms with Crippen molar-refractivity contribution in [3.8, 4) is 6.07 Å². The first-order chi connectivity index (χ1) is 8.91. The third-order valence-corrected chi connectivity index (χ3v) is 3.17. The van der Waals surface area contributed by atoms with Crippen molar-refractivity contribution in [1.82, 2.24) is 0 Å². The first-order valence-electron chi connectivity index (χ1n) is 6.20. The van der Waals surface area contributed by atoms with Crippen LogP contribution in [0, 0.1) is 16.7 Å². The highest BCUT2D eigenvalue weighted by molar-refractivity contribution is 6.01. The smallest absolute Gasteiger partial charge is 0.175 e. The summed E-state index contributed by atoms with van der Waals surface area (Å²) < 4.78 is 0. The highest BCUT2D eigenvalue weighted by atomic mass is 16.1. The van der Waals surface area contributed by atoms with E-state index in [0.717, 1.165) is 5.69 Å². The lowest BCUT2D eigenvalue weighted by Gasteiger charge is -2.30. The van der Waals surface area contributed by atoms with Crippen LogP contribution in [0.25, 0.3) is 0 Å². The minimum Gasteiger partial charge on any atom is -0.399 e. The Morgan fingerprint density at radius 3 is 2.74 bits per heavy atom. The summed E-state index contributed by atoms with van der Waals surface area (Å²) in [6.45, 7) is 4.06. The average molecular weight is 255 g/mol. The fourth-order valence-corrected chi connectivity index (χ4v) is 2.35. The van der Waals surface area contributed by atoms with Gasteiger partial charge in [-0.3, -0.25) is 4.79 Å². The average Bonchev–Trinajstić information content (AvgIpc) is 2.27. The molecule has 0 saturated heterocycles. The molecule has 1 aliphatic carbocycles. The number of carbonyl (C=O) groups excluding carboxylic acids is 1. The monoisotopic (exact) mass is 255 g/mol. The Bertz CT molecular complexity index is 594. The summed E-state index contributed by atoms with van der Waals surface area (Å²) in [5.41, 5.74) is 7.97. The second-order valence-electron chi connectivity index (χ2n) is 5.66. The Morgan fingerprint density at radius 2 is 2.11 bits per heavy atom. The van der Waals surface area contributed by atoms with E-state index in [-0.39, 0.29) is 16.8 Å². The Labute approximate surface area is 112 Å². The van der Waals surface area contributed by atoms with Crippen LogP contribution in [0.3, 0.4) is 0 Å². The molecule has 0 atom stereocenters. The number of nitrogens with zero attached hydrogens (tertiary/aromatic N) is 1. The predicted octanol–water partition coefficient (Wildman–Crippen LogP) is 2.85. The molecule has 4 heteroatoms. The molecule has 4 nitrogen and oxygen atoms in total. The number of nitriles is 1. The van der Waals surface area contributed by atoms with Gasteiger partial charge in [-0.1, -0.05) is 19.9 Å². The van der Waals surface area contributed by atoms with Gasteiger partial charge in [0.2, 0.25) is 0 Å². The second-order valence-corrected chi connectivity index (χ2v) is 5.66. The fourth-order valence-electron chi connectivity index (χ4n) is 2.35. The number of anilines is 2. The van der Waals surface area contributed by atoms with E-state index in [1.165, 1.54) is 0 Å². The molecule has 0 radical (unpaired) electrons. The summed E-state index contributed by atoms with van der Waals surface area (Å²) >= 11 is 0. The highest BCUT2D eigenvalue weighted by Crippen LogP contribution is 2.37. The lowest BCUT2D eigenvalue weighted by molar-refractivity contribution is -0.117. The molecular weight excluding hydrogens is 238 g/mol. The van der Waals surface area contributed by atoms with E-state index in [9.17, 15) is 4.79 Å². The van der Waals surface area contributed by atoms with Crippen molar-refractivity contribution in [2.24, 2.45) is 5.41 Å². The Hall–Kier alpha value is -2.28. The van der Waals surface area contributed by atoms with Crippen LogP contribution in [-0.2, 0) is 4.79 Å². The number of nitrogen functional groups attached to an aromatic ring is 1. The van der Waals surface area contributed by atoms with E-state index in [0.29, 0.717) is 24.2 Å². The van der Waals surface area contributed by atoms with Crippen LogP contribution in [0.1, 0.15) is 26.7 Å². The standard InChI is InChI=1S/C15H17N3O/c1-15(2)7-13(12(9-16)14(19)8-15)18-11-5-3-4-10(17)6-11/h3-6,18H,7-8,17H2,1-2H3. The minimum atomic E-state index is -0.125. The van der Waals surface area contributed by atoms with Crippen molar-refractivity contribution in [2.75, 3.05) is 11.1 Å². The van der Waals surface area contributed by atoms with Gasteiger partial charge in [0, 0.05) is 23.5 Å². The molecular formula is C15H17N3O. The number of ketones is 1. The third kappa shape index (κ3) is 2.94. The van der Waals surface area contributed by atoms with Crippen LogP contribution in [-0.4, -0.2) is 5.78 Å². The van der Waals surface area contributed by atoms with Gasteiger partial charge in [-0.25, -0.2) is 0 Å². The number of Topliss-reactive ketones (excluding diaryl/α,β-unsaturated/α-hetero) is 1.